The van der Waals surface area contributed by atoms with Crippen LogP contribution < -0.4 is 0 Å². The fraction of sp³-hybridized carbons (Fsp3) is 0.286. The van der Waals surface area contributed by atoms with Gasteiger partial charge >= 0.3 is 0 Å². The number of hydrogen-bond donors (Lipinski definition) is 0. The molecule has 0 nitrogen and oxygen atoms in total. The highest BCUT2D eigenvalue weighted by Gasteiger charge is 2.06. The zero-order valence-corrected chi connectivity index (χ0v) is 12.0. The molecular weight excluding hydrogens is 228 g/mol. The third-order valence-electron chi connectivity index (χ3n) is 1.80. The molecule has 0 aliphatic heterocycles. The Morgan fingerprint density at radius 1 is 1.00 bits per heavy atom. The molecule has 0 amide bonds. The summed E-state index contributed by atoms with van der Waals surface area (Å²) in [5, 5.41) is 0. The minimum atomic E-state index is -1.28. The lowest BCUT2D eigenvalue weighted by molar-refractivity contribution is 1.45. The first-order valence-electron chi connectivity index (χ1n) is 5.18. The summed E-state index contributed by atoms with van der Waals surface area (Å²) >= 11 is 1.74. The van der Waals surface area contributed by atoms with E-state index in [2.05, 4.69) is 61.3 Å². The molecule has 0 saturated heterocycles. The van der Waals surface area contributed by atoms with Crippen molar-refractivity contribution in [2.45, 2.75) is 24.5 Å². The van der Waals surface area contributed by atoms with Gasteiger partial charge in [-0.3, -0.25) is 0 Å². The van der Waals surface area contributed by atoms with Crippen molar-refractivity contribution >= 4 is 19.8 Å². The standard InChI is InChI=1S/C14H16SSi/c1-15-14-10-8-13(9-11-14)7-5-6-12-16(2,3)4/h8-11H,1-4H3. The van der Waals surface area contributed by atoms with E-state index in [1.54, 1.807) is 11.8 Å². The molecule has 0 heterocycles. The highest BCUT2D eigenvalue weighted by atomic mass is 32.2. The highest BCUT2D eigenvalue weighted by molar-refractivity contribution is 7.98. The largest absolute Gasteiger partial charge is 0.130 e. The molecule has 2 heteroatoms. The van der Waals surface area contributed by atoms with Crippen LogP contribution >= 0.6 is 11.8 Å². The molecule has 0 aliphatic rings. The lowest BCUT2D eigenvalue weighted by Gasteiger charge is -2.01. The molecule has 0 atom stereocenters. The number of hydrogen-bond acceptors (Lipinski definition) is 1. The highest BCUT2D eigenvalue weighted by Crippen LogP contribution is 2.14. The van der Waals surface area contributed by atoms with Crippen LogP contribution in [0.25, 0.3) is 0 Å². The summed E-state index contributed by atoms with van der Waals surface area (Å²) in [5.74, 6) is 8.92. The summed E-state index contributed by atoms with van der Waals surface area (Å²) in [7, 11) is -1.28. The molecular formula is C14H16SSi. The molecule has 1 aromatic rings. The first-order chi connectivity index (χ1) is 7.51. The molecule has 0 radical (unpaired) electrons. The smallest absolute Gasteiger partial charge is 0.130 e. The molecule has 0 aliphatic carbocycles. The minimum absolute atomic E-state index is 1.03. The predicted molar refractivity (Wildman–Crippen MR) is 76.2 cm³/mol. The Balaban J connectivity index is 2.73. The van der Waals surface area contributed by atoms with E-state index in [4.69, 9.17) is 0 Å². The second-order valence-corrected chi connectivity index (χ2v) is 10.1. The van der Waals surface area contributed by atoms with Gasteiger partial charge in [0.2, 0.25) is 0 Å². The Hall–Kier alpha value is -1.09. The molecule has 1 aromatic carbocycles. The van der Waals surface area contributed by atoms with Crippen molar-refractivity contribution in [2.75, 3.05) is 6.26 Å². The Morgan fingerprint density at radius 2 is 1.62 bits per heavy atom. The van der Waals surface area contributed by atoms with E-state index in [-0.39, 0.29) is 0 Å². The average Bonchev–Trinajstić information content (AvgIpc) is 2.24. The fourth-order valence-corrected chi connectivity index (χ4v) is 1.84. The van der Waals surface area contributed by atoms with Gasteiger partial charge in [0.25, 0.3) is 0 Å². The van der Waals surface area contributed by atoms with Gasteiger partial charge in [0.05, 0.1) is 0 Å². The second kappa shape index (κ2) is 5.85. The molecule has 0 fully saturated rings. The van der Waals surface area contributed by atoms with Crippen molar-refractivity contribution in [2.24, 2.45) is 0 Å². The van der Waals surface area contributed by atoms with Crippen LogP contribution in [0, 0.1) is 23.3 Å². The van der Waals surface area contributed by atoms with Gasteiger partial charge in [-0.1, -0.05) is 25.6 Å². The van der Waals surface area contributed by atoms with Gasteiger partial charge in [0.15, 0.2) is 0 Å². The van der Waals surface area contributed by atoms with Crippen molar-refractivity contribution in [3.63, 3.8) is 0 Å². The van der Waals surface area contributed by atoms with E-state index in [0.717, 1.165) is 5.56 Å². The second-order valence-electron chi connectivity index (χ2n) is 4.48. The van der Waals surface area contributed by atoms with Gasteiger partial charge in [-0.2, -0.15) is 0 Å². The summed E-state index contributed by atoms with van der Waals surface area (Å²) in [6, 6.07) is 8.24. The van der Waals surface area contributed by atoms with E-state index in [9.17, 15) is 0 Å². The molecule has 0 bridgehead atoms. The quantitative estimate of drug-likeness (QED) is 0.413. The Morgan fingerprint density at radius 3 is 2.12 bits per heavy atom. The molecule has 0 spiro atoms. The number of thioether (sulfide) groups is 1. The van der Waals surface area contributed by atoms with Crippen LogP contribution in [-0.4, -0.2) is 14.3 Å². The van der Waals surface area contributed by atoms with Crippen molar-refractivity contribution in [1.29, 1.82) is 0 Å². The predicted octanol–water partition coefficient (Wildman–Crippen LogP) is 3.64. The maximum absolute atomic E-state index is 3.23. The van der Waals surface area contributed by atoms with Gasteiger partial charge in [0.1, 0.15) is 8.07 Å². The fourth-order valence-electron chi connectivity index (χ4n) is 0.997. The molecule has 82 valence electrons. The maximum atomic E-state index is 3.23. The Kier molecular flexibility index (Phi) is 4.74. The van der Waals surface area contributed by atoms with E-state index < -0.39 is 8.07 Å². The summed E-state index contributed by atoms with van der Waals surface area (Å²) in [5.41, 5.74) is 4.26. The lowest BCUT2D eigenvalue weighted by Crippen LogP contribution is -2.16. The number of rotatable bonds is 1. The monoisotopic (exact) mass is 244 g/mol. The van der Waals surface area contributed by atoms with Crippen LogP contribution in [0.3, 0.4) is 0 Å². The van der Waals surface area contributed by atoms with Crippen molar-refractivity contribution in [3.05, 3.63) is 29.8 Å². The maximum Gasteiger partial charge on any atom is 0.130 e. The van der Waals surface area contributed by atoms with E-state index >= 15 is 0 Å². The summed E-state index contributed by atoms with van der Waals surface area (Å²) in [6.07, 6.45) is 2.07. The summed E-state index contributed by atoms with van der Waals surface area (Å²) in [4.78, 5) is 1.26. The van der Waals surface area contributed by atoms with Crippen LogP contribution in [-0.2, 0) is 0 Å². The Bertz CT molecular complexity index is 458. The first kappa shape index (κ1) is 13.0. The van der Waals surface area contributed by atoms with E-state index in [1.165, 1.54) is 4.90 Å². The average molecular weight is 244 g/mol. The van der Waals surface area contributed by atoms with Gasteiger partial charge in [-0.05, 0) is 42.4 Å². The van der Waals surface area contributed by atoms with Crippen molar-refractivity contribution in [1.82, 2.24) is 0 Å². The molecule has 16 heavy (non-hydrogen) atoms. The molecule has 0 aromatic heterocycles. The van der Waals surface area contributed by atoms with Gasteiger partial charge in [-0.25, -0.2) is 0 Å². The van der Waals surface area contributed by atoms with Gasteiger partial charge in [-0.15, -0.1) is 17.3 Å². The third-order valence-corrected chi connectivity index (χ3v) is 3.42. The zero-order valence-electron chi connectivity index (χ0n) is 10.2. The van der Waals surface area contributed by atoms with Crippen LogP contribution in [0.2, 0.25) is 19.6 Å². The SMILES string of the molecule is CSc1ccc(C#CC#C[Si](C)(C)C)cc1. The van der Waals surface area contributed by atoms with Gasteiger partial charge in [0, 0.05) is 10.5 Å². The normalized spacial score (nSPS) is 9.75. The van der Waals surface area contributed by atoms with Crippen molar-refractivity contribution < 1.29 is 0 Å². The van der Waals surface area contributed by atoms with E-state index in [0.29, 0.717) is 0 Å². The van der Waals surface area contributed by atoms with E-state index in [1.807, 2.05) is 12.1 Å². The summed E-state index contributed by atoms with van der Waals surface area (Å²) < 4.78 is 0. The summed E-state index contributed by atoms with van der Waals surface area (Å²) in [6.45, 7) is 6.65. The zero-order chi connectivity index (χ0) is 12.0. The third kappa shape index (κ3) is 5.12. The Labute approximate surface area is 104 Å². The first-order valence-corrected chi connectivity index (χ1v) is 9.91. The van der Waals surface area contributed by atoms with Crippen molar-refractivity contribution in [3.8, 4) is 23.3 Å². The number of benzene rings is 1. The lowest BCUT2D eigenvalue weighted by atomic mass is 10.2. The van der Waals surface area contributed by atoms with Crippen LogP contribution in [0.1, 0.15) is 5.56 Å². The topological polar surface area (TPSA) is 0 Å². The van der Waals surface area contributed by atoms with Crippen LogP contribution in [0.5, 0.6) is 0 Å². The molecule has 0 unspecified atom stereocenters. The van der Waals surface area contributed by atoms with Crippen LogP contribution in [0.15, 0.2) is 29.2 Å². The molecule has 0 saturated carbocycles. The minimum Gasteiger partial charge on any atom is -0.130 e. The van der Waals surface area contributed by atoms with Gasteiger partial charge < -0.3 is 0 Å². The molecule has 1 rings (SSSR count). The van der Waals surface area contributed by atoms with Crippen LogP contribution in [0.4, 0.5) is 0 Å². The molecule has 0 N–H and O–H groups in total.